The molecule has 0 amide bonds. The van der Waals surface area contributed by atoms with Crippen LogP contribution in [0.15, 0.2) is 46.7 Å². The normalized spacial score (nSPS) is 12.6. The maximum Gasteiger partial charge on any atom is 0.0376 e. The van der Waals surface area contributed by atoms with Crippen LogP contribution in [0.25, 0.3) is 0 Å². The second-order valence-electron chi connectivity index (χ2n) is 4.08. The molecule has 0 unspecified atom stereocenters. The highest BCUT2D eigenvalue weighted by Gasteiger charge is 2.03. The van der Waals surface area contributed by atoms with Crippen molar-refractivity contribution in [2.75, 3.05) is 0 Å². The molecule has 0 saturated heterocycles. The van der Waals surface area contributed by atoms with Gasteiger partial charge in [-0.25, -0.2) is 0 Å². The smallest absolute Gasteiger partial charge is 0.0376 e. The van der Waals surface area contributed by atoms with E-state index in [4.69, 9.17) is 5.73 Å². The predicted octanol–water partition coefficient (Wildman–Crippen LogP) is 4.49. The van der Waals surface area contributed by atoms with E-state index in [9.17, 15) is 0 Å². The molecule has 0 aromatic heterocycles. The lowest BCUT2D eigenvalue weighted by Gasteiger charge is -2.10. The topological polar surface area (TPSA) is 26.0 Å². The lowest BCUT2D eigenvalue weighted by atomic mass is 9.99. The zero-order valence-corrected chi connectivity index (χ0v) is 11.4. The molecule has 0 heterocycles. The van der Waals surface area contributed by atoms with E-state index in [2.05, 4.69) is 39.5 Å². The number of nitrogens with two attached hydrogens (primary N) is 1. The lowest BCUT2D eigenvalue weighted by Crippen LogP contribution is -2.04. The minimum Gasteiger partial charge on any atom is -0.398 e. The zero-order chi connectivity index (χ0) is 12.7. The predicted molar refractivity (Wildman–Crippen MR) is 74.1 cm³/mol. The van der Waals surface area contributed by atoms with Crippen molar-refractivity contribution < 1.29 is 0 Å². The molecular weight excluding hydrogens is 194 g/mol. The van der Waals surface area contributed by atoms with Crippen LogP contribution in [-0.2, 0) is 0 Å². The third kappa shape index (κ3) is 4.09. The quantitative estimate of drug-likeness (QED) is 0.677. The van der Waals surface area contributed by atoms with Gasteiger partial charge < -0.3 is 5.73 Å². The van der Waals surface area contributed by atoms with Gasteiger partial charge in [-0.2, -0.15) is 0 Å². The van der Waals surface area contributed by atoms with Crippen LogP contribution < -0.4 is 5.73 Å². The van der Waals surface area contributed by atoms with Gasteiger partial charge in [0.25, 0.3) is 0 Å². The fraction of sp³-hybridized carbons (Fsp3) is 0.467. The van der Waals surface area contributed by atoms with Crippen molar-refractivity contribution >= 4 is 0 Å². The van der Waals surface area contributed by atoms with Gasteiger partial charge in [0.1, 0.15) is 0 Å². The van der Waals surface area contributed by atoms with Crippen molar-refractivity contribution in [1.29, 1.82) is 0 Å². The largest absolute Gasteiger partial charge is 0.398 e. The molecule has 0 atom stereocenters. The number of hydrogen-bond donors (Lipinski definition) is 1. The van der Waals surface area contributed by atoms with Crippen LogP contribution in [0, 0.1) is 0 Å². The summed E-state index contributed by atoms with van der Waals surface area (Å²) in [5.74, 6) is 0. The summed E-state index contributed by atoms with van der Waals surface area (Å²) in [5, 5.41) is 0. The Labute approximate surface area is 100 Å². The zero-order valence-electron chi connectivity index (χ0n) is 11.4. The van der Waals surface area contributed by atoms with E-state index in [0.717, 1.165) is 29.7 Å². The molecule has 0 aliphatic heterocycles. The van der Waals surface area contributed by atoms with Crippen LogP contribution >= 0.6 is 0 Å². The molecule has 0 aliphatic rings. The van der Waals surface area contributed by atoms with Crippen LogP contribution in [-0.4, -0.2) is 0 Å². The van der Waals surface area contributed by atoms with Crippen LogP contribution in [0.2, 0.25) is 0 Å². The summed E-state index contributed by atoms with van der Waals surface area (Å²) in [5.41, 5.74) is 11.8. The number of rotatable bonds is 5. The fourth-order valence-electron chi connectivity index (χ4n) is 1.51. The molecule has 0 saturated carbocycles. The molecule has 0 aromatic rings. The minimum atomic E-state index is 0.924. The standard InChI is InChI=1S/C15H25N/c1-7-13(8-2)15(16)14(9-3)10-12(6)11(4)5/h9-10H,4,7-8,16H2,1-3,5-6H3/b12-10-,14-9+. The summed E-state index contributed by atoms with van der Waals surface area (Å²) >= 11 is 0. The van der Waals surface area contributed by atoms with Gasteiger partial charge in [-0.1, -0.05) is 38.2 Å². The Morgan fingerprint density at radius 3 is 2.00 bits per heavy atom. The van der Waals surface area contributed by atoms with Crippen LogP contribution in [0.3, 0.4) is 0 Å². The van der Waals surface area contributed by atoms with Crippen molar-refractivity contribution in [2.45, 2.75) is 47.5 Å². The Kier molecular flexibility index (Phi) is 6.55. The first-order chi connectivity index (χ1) is 7.47. The second-order valence-corrected chi connectivity index (χ2v) is 4.08. The molecule has 1 heteroatoms. The van der Waals surface area contributed by atoms with E-state index < -0.39 is 0 Å². The monoisotopic (exact) mass is 219 g/mol. The molecule has 0 radical (unpaired) electrons. The van der Waals surface area contributed by atoms with Crippen molar-refractivity contribution in [2.24, 2.45) is 5.73 Å². The molecule has 0 fully saturated rings. The van der Waals surface area contributed by atoms with Crippen molar-refractivity contribution in [3.05, 3.63) is 46.7 Å². The average Bonchev–Trinajstić information content (AvgIpc) is 2.26. The van der Waals surface area contributed by atoms with Gasteiger partial charge in [0.2, 0.25) is 0 Å². The van der Waals surface area contributed by atoms with Gasteiger partial charge >= 0.3 is 0 Å². The maximum absolute atomic E-state index is 6.18. The summed E-state index contributed by atoms with van der Waals surface area (Å²) in [6, 6.07) is 0. The highest BCUT2D eigenvalue weighted by atomic mass is 14.6. The molecule has 0 bridgehead atoms. The Morgan fingerprint density at radius 1 is 1.19 bits per heavy atom. The third-order valence-electron chi connectivity index (χ3n) is 2.90. The number of allylic oxidation sites excluding steroid dienone is 5. The molecule has 0 aliphatic carbocycles. The maximum atomic E-state index is 6.18. The van der Waals surface area contributed by atoms with Crippen LogP contribution in [0.1, 0.15) is 47.5 Å². The summed E-state index contributed by atoms with van der Waals surface area (Å²) in [6.45, 7) is 14.3. The molecule has 16 heavy (non-hydrogen) atoms. The Hall–Kier alpha value is -1.24. The third-order valence-corrected chi connectivity index (χ3v) is 2.90. The second kappa shape index (κ2) is 7.10. The van der Waals surface area contributed by atoms with Crippen molar-refractivity contribution in [3.8, 4) is 0 Å². The molecule has 0 rings (SSSR count). The Balaban J connectivity index is 5.27. The number of hydrogen-bond acceptors (Lipinski definition) is 1. The molecule has 1 nitrogen and oxygen atoms in total. The Bertz CT molecular complexity index is 334. The Morgan fingerprint density at radius 2 is 1.69 bits per heavy atom. The average molecular weight is 219 g/mol. The van der Waals surface area contributed by atoms with Crippen molar-refractivity contribution in [1.82, 2.24) is 0 Å². The highest BCUT2D eigenvalue weighted by molar-refractivity contribution is 5.44. The van der Waals surface area contributed by atoms with E-state index in [1.54, 1.807) is 0 Å². The van der Waals surface area contributed by atoms with Gasteiger partial charge in [0.15, 0.2) is 0 Å². The van der Waals surface area contributed by atoms with Gasteiger partial charge in [-0.05, 0) is 50.3 Å². The van der Waals surface area contributed by atoms with Crippen LogP contribution in [0.4, 0.5) is 0 Å². The molecule has 0 aromatic carbocycles. The van der Waals surface area contributed by atoms with Crippen LogP contribution in [0.5, 0.6) is 0 Å². The van der Waals surface area contributed by atoms with E-state index in [0.29, 0.717) is 0 Å². The lowest BCUT2D eigenvalue weighted by molar-refractivity contribution is 0.944. The highest BCUT2D eigenvalue weighted by Crippen LogP contribution is 2.19. The summed E-state index contributed by atoms with van der Waals surface area (Å²) in [6.07, 6.45) is 6.20. The van der Waals surface area contributed by atoms with Gasteiger partial charge in [-0.15, -0.1) is 0 Å². The van der Waals surface area contributed by atoms with Gasteiger partial charge in [-0.3, -0.25) is 0 Å². The first-order valence-corrected chi connectivity index (χ1v) is 5.96. The minimum absolute atomic E-state index is 0.924. The summed E-state index contributed by atoms with van der Waals surface area (Å²) in [4.78, 5) is 0. The molecule has 90 valence electrons. The fourth-order valence-corrected chi connectivity index (χ4v) is 1.51. The van der Waals surface area contributed by atoms with E-state index in [1.807, 2.05) is 13.8 Å². The molecule has 0 spiro atoms. The van der Waals surface area contributed by atoms with Crippen molar-refractivity contribution in [3.63, 3.8) is 0 Å². The first kappa shape index (κ1) is 14.8. The van der Waals surface area contributed by atoms with E-state index in [1.165, 1.54) is 11.1 Å². The molecular formula is C15H25N. The van der Waals surface area contributed by atoms with Gasteiger partial charge in [0, 0.05) is 5.70 Å². The summed E-state index contributed by atoms with van der Waals surface area (Å²) < 4.78 is 0. The van der Waals surface area contributed by atoms with E-state index in [-0.39, 0.29) is 0 Å². The first-order valence-electron chi connectivity index (χ1n) is 5.96. The summed E-state index contributed by atoms with van der Waals surface area (Å²) in [7, 11) is 0. The van der Waals surface area contributed by atoms with E-state index >= 15 is 0 Å². The SMILES string of the molecule is C=C(C)/C(C)=C\C(=C/C)C(N)=C(CC)CC. The van der Waals surface area contributed by atoms with Gasteiger partial charge in [0.05, 0.1) is 0 Å². The molecule has 2 N–H and O–H groups in total.